The Hall–Kier alpha value is -3.55. The van der Waals surface area contributed by atoms with Crippen molar-refractivity contribution in [3.8, 4) is 11.5 Å². The molecule has 8 heteroatoms. The fourth-order valence-electron chi connectivity index (χ4n) is 4.66. The maximum absolute atomic E-state index is 13.2. The van der Waals surface area contributed by atoms with Gasteiger partial charge in [-0.15, -0.1) is 0 Å². The first kappa shape index (κ1) is 24.2. The first-order valence-electron chi connectivity index (χ1n) is 12.3. The number of piperazine rings is 1. The zero-order valence-corrected chi connectivity index (χ0v) is 21.4. The van der Waals surface area contributed by atoms with E-state index in [-0.39, 0.29) is 5.91 Å². The molecule has 1 aliphatic heterocycles. The van der Waals surface area contributed by atoms with Gasteiger partial charge in [0.05, 0.1) is 11.9 Å². The number of anilines is 1. The highest BCUT2D eigenvalue weighted by Crippen LogP contribution is 2.25. The van der Waals surface area contributed by atoms with Gasteiger partial charge in [0, 0.05) is 62.4 Å². The van der Waals surface area contributed by atoms with E-state index in [0.29, 0.717) is 12.1 Å². The molecule has 1 N–H and O–H groups in total. The van der Waals surface area contributed by atoms with Gasteiger partial charge in [0.1, 0.15) is 5.56 Å². The van der Waals surface area contributed by atoms with Crippen LogP contribution in [0.2, 0.25) is 5.02 Å². The normalized spacial score (nSPS) is 14.2. The molecule has 1 saturated heterocycles. The molecule has 5 rings (SSSR count). The van der Waals surface area contributed by atoms with E-state index in [4.69, 9.17) is 11.6 Å². The Morgan fingerprint density at radius 3 is 2.44 bits per heavy atom. The summed E-state index contributed by atoms with van der Waals surface area (Å²) in [6.45, 7) is 9.33. The fourth-order valence-corrected chi connectivity index (χ4v) is 4.83. The van der Waals surface area contributed by atoms with Crippen molar-refractivity contribution in [2.75, 3.05) is 44.2 Å². The van der Waals surface area contributed by atoms with Crippen LogP contribution in [0, 0.1) is 13.8 Å². The molecular weight excluding hydrogens is 472 g/mol. The monoisotopic (exact) mass is 502 g/mol. The number of nitrogens with zero attached hydrogens (tertiary/aromatic N) is 5. The zero-order valence-electron chi connectivity index (χ0n) is 20.7. The molecule has 3 heterocycles. The van der Waals surface area contributed by atoms with E-state index in [0.717, 1.165) is 49.3 Å². The lowest BCUT2D eigenvalue weighted by molar-refractivity contribution is 0.0947. The van der Waals surface area contributed by atoms with Gasteiger partial charge < -0.3 is 14.8 Å². The fraction of sp³-hybridized carbons (Fsp3) is 0.286. The minimum atomic E-state index is -0.120. The Bertz CT molecular complexity index is 1320. The molecule has 1 fully saturated rings. The van der Waals surface area contributed by atoms with Gasteiger partial charge >= 0.3 is 0 Å². The van der Waals surface area contributed by atoms with Gasteiger partial charge in [-0.25, -0.2) is 4.68 Å². The third kappa shape index (κ3) is 5.17. The lowest BCUT2D eigenvalue weighted by atomic mass is 10.1. The highest BCUT2D eigenvalue weighted by molar-refractivity contribution is 6.30. The van der Waals surface area contributed by atoms with Crippen molar-refractivity contribution in [1.29, 1.82) is 0 Å². The predicted molar refractivity (Wildman–Crippen MR) is 145 cm³/mol. The molecular formula is C28H31ClN6O. The molecule has 0 radical (unpaired) electrons. The smallest absolute Gasteiger partial charge is 0.256 e. The zero-order chi connectivity index (χ0) is 25.1. The molecule has 2 aromatic heterocycles. The van der Waals surface area contributed by atoms with Crippen molar-refractivity contribution in [1.82, 2.24) is 24.6 Å². The Balaban J connectivity index is 1.21. The van der Waals surface area contributed by atoms with E-state index in [1.165, 1.54) is 16.8 Å². The minimum Gasteiger partial charge on any atom is -0.369 e. The standard InChI is InChI=1S/C28H31ClN6O/c1-21-5-9-24(10-6-21)35-28(34-12-3-4-13-34)25(20-31-35)27(36)30-11-14-32-15-17-33(18-16-32)26-19-23(29)8-7-22(26)2/h3-10,12-13,19-20H,11,14-18H2,1-2H3,(H,30,36). The summed E-state index contributed by atoms with van der Waals surface area (Å²) < 4.78 is 3.74. The van der Waals surface area contributed by atoms with Crippen molar-refractivity contribution < 1.29 is 4.79 Å². The molecule has 0 unspecified atom stereocenters. The number of rotatable bonds is 7. The maximum Gasteiger partial charge on any atom is 0.256 e. The second-order valence-electron chi connectivity index (χ2n) is 9.23. The molecule has 4 aromatic rings. The average Bonchev–Trinajstić information content (AvgIpc) is 3.56. The van der Waals surface area contributed by atoms with Gasteiger partial charge in [-0.2, -0.15) is 5.10 Å². The number of amides is 1. The summed E-state index contributed by atoms with van der Waals surface area (Å²) in [6, 6.07) is 18.1. The topological polar surface area (TPSA) is 58.3 Å². The van der Waals surface area contributed by atoms with E-state index in [1.54, 1.807) is 6.20 Å². The first-order valence-corrected chi connectivity index (χ1v) is 12.7. The van der Waals surface area contributed by atoms with Crippen molar-refractivity contribution in [2.24, 2.45) is 0 Å². The largest absolute Gasteiger partial charge is 0.369 e. The number of carbonyl (C=O) groups is 1. The van der Waals surface area contributed by atoms with Crippen LogP contribution in [0.15, 0.2) is 73.2 Å². The van der Waals surface area contributed by atoms with Gasteiger partial charge in [0.2, 0.25) is 0 Å². The summed E-state index contributed by atoms with van der Waals surface area (Å²) in [6.07, 6.45) is 5.51. The molecule has 0 atom stereocenters. The third-order valence-corrected chi connectivity index (χ3v) is 6.95. The molecule has 36 heavy (non-hydrogen) atoms. The summed E-state index contributed by atoms with van der Waals surface area (Å²) in [7, 11) is 0. The Labute approximate surface area is 216 Å². The number of benzene rings is 2. The van der Waals surface area contributed by atoms with E-state index >= 15 is 0 Å². The molecule has 0 bridgehead atoms. The number of hydrogen-bond donors (Lipinski definition) is 1. The van der Waals surface area contributed by atoms with E-state index in [2.05, 4.69) is 40.1 Å². The van der Waals surface area contributed by atoms with Crippen LogP contribution >= 0.6 is 11.6 Å². The second kappa shape index (κ2) is 10.6. The van der Waals surface area contributed by atoms with Crippen LogP contribution in [0.5, 0.6) is 0 Å². The third-order valence-electron chi connectivity index (χ3n) is 6.71. The van der Waals surface area contributed by atoms with Gasteiger partial charge in [0.15, 0.2) is 5.82 Å². The molecule has 2 aromatic carbocycles. The number of hydrogen-bond acceptors (Lipinski definition) is 4. The summed E-state index contributed by atoms with van der Waals surface area (Å²) in [5.41, 5.74) is 5.09. The number of aryl methyl sites for hydroxylation is 2. The Kier molecular flexibility index (Phi) is 7.11. The summed E-state index contributed by atoms with van der Waals surface area (Å²) in [4.78, 5) is 18.0. The highest BCUT2D eigenvalue weighted by Gasteiger charge is 2.21. The quantitative estimate of drug-likeness (QED) is 0.404. The first-order chi connectivity index (χ1) is 17.5. The van der Waals surface area contributed by atoms with Crippen LogP contribution < -0.4 is 10.2 Å². The van der Waals surface area contributed by atoms with Gasteiger partial charge in [0.25, 0.3) is 5.91 Å². The highest BCUT2D eigenvalue weighted by atomic mass is 35.5. The van der Waals surface area contributed by atoms with Crippen LogP contribution in [0.4, 0.5) is 5.69 Å². The van der Waals surface area contributed by atoms with Crippen molar-refractivity contribution >= 4 is 23.2 Å². The number of carbonyl (C=O) groups excluding carboxylic acids is 1. The molecule has 1 aliphatic rings. The Morgan fingerprint density at radius 2 is 1.72 bits per heavy atom. The summed E-state index contributed by atoms with van der Waals surface area (Å²) in [5.74, 6) is 0.608. The van der Waals surface area contributed by atoms with Gasteiger partial charge in [-0.05, 0) is 55.8 Å². The molecule has 0 saturated carbocycles. The van der Waals surface area contributed by atoms with Crippen LogP contribution in [0.25, 0.3) is 11.5 Å². The summed E-state index contributed by atoms with van der Waals surface area (Å²) in [5, 5.41) is 8.42. The van der Waals surface area contributed by atoms with Crippen molar-refractivity contribution in [3.63, 3.8) is 0 Å². The minimum absolute atomic E-state index is 0.120. The summed E-state index contributed by atoms with van der Waals surface area (Å²) >= 11 is 6.21. The number of aromatic nitrogens is 3. The van der Waals surface area contributed by atoms with E-state index in [1.807, 2.05) is 70.2 Å². The van der Waals surface area contributed by atoms with E-state index in [9.17, 15) is 4.79 Å². The molecule has 0 spiro atoms. The molecule has 0 aliphatic carbocycles. The molecule has 186 valence electrons. The van der Waals surface area contributed by atoms with Gasteiger partial charge in [-0.3, -0.25) is 9.69 Å². The number of nitrogens with one attached hydrogen (secondary N) is 1. The van der Waals surface area contributed by atoms with Crippen LogP contribution in [-0.2, 0) is 0 Å². The SMILES string of the molecule is Cc1ccc(-n2ncc(C(=O)NCCN3CCN(c4cc(Cl)ccc4C)CC3)c2-n2cccc2)cc1. The second-order valence-corrected chi connectivity index (χ2v) is 9.67. The van der Waals surface area contributed by atoms with Crippen LogP contribution in [0.3, 0.4) is 0 Å². The Morgan fingerprint density at radius 1 is 1.00 bits per heavy atom. The average molecular weight is 503 g/mol. The maximum atomic E-state index is 13.2. The molecule has 1 amide bonds. The van der Waals surface area contributed by atoms with Crippen LogP contribution in [0.1, 0.15) is 21.5 Å². The van der Waals surface area contributed by atoms with E-state index < -0.39 is 0 Å². The van der Waals surface area contributed by atoms with Crippen molar-refractivity contribution in [3.05, 3.63) is 94.9 Å². The van der Waals surface area contributed by atoms with Gasteiger partial charge in [-0.1, -0.05) is 35.4 Å². The molecule has 7 nitrogen and oxygen atoms in total. The predicted octanol–water partition coefficient (Wildman–Crippen LogP) is 4.49. The van der Waals surface area contributed by atoms with Crippen molar-refractivity contribution in [2.45, 2.75) is 13.8 Å². The number of halogens is 1. The van der Waals surface area contributed by atoms with Crippen LogP contribution in [-0.4, -0.2) is 64.4 Å². The lowest BCUT2D eigenvalue weighted by Gasteiger charge is -2.36. The lowest BCUT2D eigenvalue weighted by Crippen LogP contribution is -2.48.